The van der Waals surface area contributed by atoms with E-state index in [2.05, 4.69) is 14.8 Å². The van der Waals surface area contributed by atoms with Crippen molar-refractivity contribution in [2.45, 2.75) is 18.4 Å². The van der Waals surface area contributed by atoms with Gasteiger partial charge in [-0.15, -0.1) is 0 Å². The number of aryl methyl sites for hydroxylation is 1. The molecule has 0 radical (unpaired) electrons. The number of pyridine rings is 1. The molecule has 0 amide bonds. The predicted octanol–water partition coefficient (Wildman–Crippen LogP) is 4.24. The monoisotopic (exact) mass is 412 g/mol. The number of aromatic nitrogens is 3. The van der Waals surface area contributed by atoms with Gasteiger partial charge in [-0.05, 0) is 36.8 Å². The summed E-state index contributed by atoms with van der Waals surface area (Å²) in [6.45, 7) is 2.39. The van der Waals surface area contributed by atoms with Crippen LogP contribution in [0.25, 0.3) is 10.9 Å². The fraction of sp³-hybridized carbons (Fsp3) is 0.100. The van der Waals surface area contributed by atoms with Gasteiger partial charge >= 0.3 is 0 Å². The zero-order valence-corrected chi connectivity index (χ0v) is 16.6. The number of nitrogens with one attached hydrogen (secondary N) is 1. The van der Waals surface area contributed by atoms with Crippen LogP contribution in [0.5, 0.6) is 0 Å². The van der Waals surface area contributed by atoms with Crippen molar-refractivity contribution >= 4 is 38.3 Å². The topological polar surface area (TPSA) is 76.9 Å². The van der Waals surface area contributed by atoms with Crippen molar-refractivity contribution in [2.24, 2.45) is 0 Å². The second-order valence-corrected chi connectivity index (χ2v) is 8.48. The Morgan fingerprint density at radius 2 is 1.82 bits per heavy atom. The van der Waals surface area contributed by atoms with E-state index in [-0.39, 0.29) is 10.7 Å². The van der Waals surface area contributed by atoms with Crippen molar-refractivity contribution < 1.29 is 8.42 Å². The lowest BCUT2D eigenvalue weighted by Crippen LogP contribution is -2.14. The molecule has 2 aromatic carbocycles. The van der Waals surface area contributed by atoms with E-state index in [1.54, 1.807) is 29.1 Å². The van der Waals surface area contributed by atoms with Crippen LogP contribution in [0, 0.1) is 6.92 Å². The molecule has 6 nitrogen and oxygen atoms in total. The molecule has 0 fully saturated rings. The van der Waals surface area contributed by atoms with Gasteiger partial charge in [0.15, 0.2) is 5.82 Å². The fourth-order valence-corrected chi connectivity index (χ4v) is 4.26. The first kappa shape index (κ1) is 18.5. The molecule has 0 aliphatic heterocycles. The van der Waals surface area contributed by atoms with E-state index >= 15 is 0 Å². The highest BCUT2D eigenvalue weighted by molar-refractivity contribution is 7.93. The van der Waals surface area contributed by atoms with E-state index in [0.717, 1.165) is 16.6 Å². The number of halogens is 1. The standard InChI is InChI=1S/C20H17ClN4O2S/c1-14-12-19(23-25(14)13-15-7-9-17(21)10-8-15)24-28(26,27)18-6-2-4-16-5-3-11-22-20(16)18/h2-12H,13H2,1H3,(H,23,24). The van der Waals surface area contributed by atoms with Crippen molar-refractivity contribution in [3.05, 3.63) is 83.1 Å². The number of sulfonamides is 1. The summed E-state index contributed by atoms with van der Waals surface area (Å²) in [4.78, 5) is 4.34. The third kappa shape index (κ3) is 3.72. The van der Waals surface area contributed by atoms with Crippen molar-refractivity contribution in [1.82, 2.24) is 14.8 Å². The van der Waals surface area contributed by atoms with Gasteiger partial charge in [0.1, 0.15) is 4.90 Å². The Hall–Kier alpha value is -2.90. The van der Waals surface area contributed by atoms with Gasteiger partial charge in [0.25, 0.3) is 10.0 Å². The molecule has 0 aliphatic carbocycles. The van der Waals surface area contributed by atoms with E-state index in [1.165, 1.54) is 6.07 Å². The Balaban J connectivity index is 1.62. The molecule has 0 aliphatic rings. The van der Waals surface area contributed by atoms with Crippen molar-refractivity contribution in [3.63, 3.8) is 0 Å². The van der Waals surface area contributed by atoms with Gasteiger partial charge in [-0.1, -0.05) is 41.9 Å². The molecule has 2 heterocycles. The van der Waals surface area contributed by atoms with Crippen LogP contribution in [0.1, 0.15) is 11.3 Å². The van der Waals surface area contributed by atoms with Gasteiger partial charge in [-0.25, -0.2) is 8.42 Å². The fourth-order valence-electron chi connectivity index (χ4n) is 2.97. The Labute approximate surface area is 167 Å². The molecule has 142 valence electrons. The molecule has 0 unspecified atom stereocenters. The van der Waals surface area contributed by atoms with E-state index in [4.69, 9.17) is 11.6 Å². The third-order valence-electron chi connectivity index (χ3n) is 4.35. The normalized spacial score (nSPS) is 11.6. The molecule has 1 N–H and O–H groups in total. The number of nitrogens with zero attached hydrogens (tertiary/aromatic N) is 3. The average molecular weight is 413 g/mol. The molecule has 0 spiro atoms. The largest absolute Gasteiger partial charge is 0.265 e. The summed E-state index contributed by atoms with van der Waals surface area (Å²) < 4.78 is 30.1. The maximum Gasteiger partial charge on any atom is 0.265 e. The maximum absolute atomic E-state index is 12.9. The number of hydrogen-bond donors (Lipinski definition) is 1. The van der Waals surface area contributed by atoms with Crippen molar-refractivity contribution in [2.75, 3.05) is 4.72 Å². The lowest BCUT2D eigenvalue weighted by Gasteiger charge is -2.08. The van der Waals surface area contributed by atoms with Gasteiger partial charge in [-0.3, -0.25) is 14.4 Å². The van der Waals surface area contributed by atoms with E-state index in [9.17, 15) is 8.42 Å². The van der Waals surface area contributed by atoms with Crippen LogP contribution in [0.4, 0.5) is 5.82 Å². The molecular formula is C20H17ClN4O2S. The zero-order chi connectivity index (χ0) is 19.7. The Bertz CT molecular complexity index is 1250. The van der Waals surface area contributed by atoms with Gasteiger partial charge in [0, 0.05) is 28.4 Å². The van der Waals surface area contributed by atoms with Crippen molar-refractivity contribution in [3.8, 4) is 0 Å². The molecule has 0 atom stereocenters. The van der Waals surface area contributed by atoms with E-state index in [1.807, 2.05) is 43.3 Å². The SMILES string of the molecule is Cc1cc(NS(=O)(=O)c2cccc3cccnc23)nn1Cc1ccc(Cl)cc1. The van der Waals surface area contributed by atoms with Gasteiger partial charge < -0.3 is 0 Å². The Kier molecular flexibility index (Phi) is 4.78. The Morgan fingerprint density at radius 3 is 2.61 bits per heavy atom. The zero-order valence-electron chi connectivity index (χ0n) is 15.0. The quantitative estimate of drug-likeness (QED) is 0.531. The van der Waals surface area contributed by atoms with Crippen LogP contribution in [0.15, 0.2) is 71.8 Å². The predicted molar refractivity (Wildman–Crippen MR) is 110 cm³/mol. The summed E-state index contributed by atoms with van der Waals surface area (Å²) in [6.07, 6.45) is 1.58. The Morgan fingerprint density at radius 1 is 1.07 bits per heavy atom. The molecule has 28 heavy (non-hydrogen) atoms. The highest BCUT2D eigenvalue weighted by atomic mass is 35.5. The third-order valence-corrected chi connectivity index (χ3v) is 5.99. The van der Waals surface area contributed by atoms with E-state index < -0.39 is 10.0 Å². The van der Waals surface area contributed by atoms with Crippen LogP contribution in [-0.4, -0.2) is 23.2 Å². The molecule has 0 saturated carbocycles. The number of benzene rings is 2. The number of anilines is 1. The summed E-state index contributed by atoms with van der Waals surface area (Å²) in [7, 11) is -3.83. The summed E-state index contributed by atoms with van der Waals surface area (Å²) in [5.41, 5.74) is 2.28. The summed E-state index contributed by atoms with van der Waals surface area (Å²) in [6, 6.07) is 17.8. The lowest BCUT2D eigenvalue weighted by atomic mass is 10.2. The summed E-state index contributed by atoms with van der Waals surface area (Å²) in [5.74, 6) is 0.263. The van der Waals surface area contributed by atoms with Crippen molar-refractivity contribution in [1.29, 1.82) is 0 Å². The van der Waals surface area contributed by atoms with Gasteiger partial charge in [0.05, 0.1) is 12.1 Å². The molecular weight excluding hydrogens is 396 g/mol. The lowest BCUT2D eigenvalue weighted by molar-refractivity contribution is 0.601. The minimum atomic E-state index is -3.83. The summed E-state index contributed by atoms with van der Waals surface area (Å²) >= 11 is 5.92. The second kappa shape index (κ2) is 7.26. The van der Waals surface area contributed by atoms with Gasteiger partial charge in [-0.2, -0.15) is 5.10 Å². The number of para-hydroxylation sites is 1. The summed E-state index contributed by atoms with van der Waals surface area (Å²) in [5, 5.41) is 5.82. The van der Waals surface area contributed by atoms with Crippen LogP contribution in [0.3, 0.4) is 0 Å². The molecule has 0 saturated heterocycles. The minimum Gasteiger partial charge on any atom is -0.263 e. The molecule has 8 heteroatoms. The van der Waals surface area contributed by atoms with Crippen LogP contribution in [0.2, 0.25) is 5.02 Å². The number of fused-ring (bicyclic) bond motifs is 1. The number of hydrogen-bond acceptors (Lipinski definition) is 4. The molecule has 4 aromatic rings. The average Bonchev–Trinajstić information content (AvgIpc) is 3.01. The smallest absolute Gasteiger partial charge is 0.263 e. The highest BCUT2D eigenvalue weighted by Crippen LogP contribution is 2.23. The van der Waals surface area contributed by atoms with Crippen LogP contribution in [-0.2, 0) is 16.6 Å². The highest BCUT2D eigenvalue weighted by Gasteiger charge is 2.20. The molecule has 2 aromatic heterocycles. The minimum absolute atomic E-state index is 0.121. The second-order valence-electron chi connectivity index (χ2n) is 6.39. The first-order valence-corrected chi connectivity index (χ1v) is 10.4. The molecule has 0 bridgehead atoms. The number of rotatable bonds is 5. The molecule has 4 rings (SSSR count). The van der Waals surface area contributed by atoms with Crippen LogP contribution >= 0.6 is 11.6 Å². The van der Waals surface area contributed by atoms with E-state index in [0.29, 0.717) is 17.1 Å². The van der Waals surface area contributed by atoms with Gasteiger partial charge in [0.2, 0.25) is 0 Å². The first-order chi connectivity index (χ1) is 13.4. The maximum atomic E-state index is 12.9. The van der Waals surface area contributed by atoms with Crippen LogP contribution < -0.4 is 4.72 Å². The first-order valence-electron chi connectivity index (χ1n) is 8.58.